The number of carbonyl (C=O) groups excluding carboxylic acids is 1. The third-order valence-electron chi connectivity index (χ3n) is 6.09. The quantitative estimate of drug-likeness (QED) is 0.559. The number of amides is 1. The number of aromatic nitrogens is 1. The molecule has 1 saturated heterocycles. The molecule has 1 aromatic heterocycles. The van der Waals surface area contributed by atoms with Gasteiger partial charge in [-0.15, -0.1) is 0 Å². The van der Waals surface area contributed by atoms with Crippen LogP contribution in [-0.4, -0.2) is 56.2 Å². The molecule has 3 aromatic rings. The molecule has 1 unspecified atom stereocenters. The number of rotatable bonds is 6. The number of likely N-dealkylation sites (tertiary alicyclic amines) is 1. The second kappa shape index (κ2) is 9.55. The molecule has 2 N–H and O–H groups in total. The summed E-state index contributed by atoms with van der Waals surface area (Å²) in [5.41, 5.74) is 2.06. The van der Waals surface area contributed by atoms with Crippen LogP contribution in [-0.2, 0) is 14.8 Å². The summed E-state index contributed by atoms with van der Waals surface area (Å²) in [5, 5.41) is 2.83. The Morgan fingerprint density at radius 3 is 2.85 bits per heavy atom. The summed E-state index contributed by atoms with van der Waals surface area (Å²) >= 11 is 0. The minimum Gasteiger partial charge on any atom is -0.440 e. The minimum absolute atomic E-state index is 0.0916. The average molecular weight is 482 g/mol. The molecule has 2 aliphatic rings. The highest BCUT2D eigenvalue weighted by Crippen LogP contribution is 2.29. The molecular formula is C24H27N5O4S. The summed E-state index contributed by atoms with van der Waals surface area (Å²) in [6, 6.07) is 14.0. The molecule has 10 heteroatoms. The van der Waals surface area contributed by atoms with Crippen LogP contribution >= 0.6 is 0 Å². The Bertz CT molecular complexity index is 1300. The lowest BCUT2D eigenvalue weighted by Gasteiger charge is -2.30. The SMILES string of the molecule is O=C(CN1CCCC(c2nc3ccccc3o2)C1)Nc1cccc(S(=O)(=O)NC2=NCCC2)c1. The van der Waals surface area contributed by atoms with Gasteiger partial charge in [0.2, 0.25) is 5.91 Å². The van der Waals surface area contributed by atoms with E-state index >= 15 is 0 Å². The number of aliphatic imine (C=N–C) groups is 1. The van der Waals surface area contributed by atoms with Crippen molar-refractivity contribution in [2.45, 2.75) is 36.5 Å². The van der Waals surface area contributed by atoms with E-state index in [4.69, 9.17) is 4.42 Å². The van der Waals surface area contributed by atoms with E-state index in [-0.39, 0.29) is 23.3 Å². The van der Waals surface area contributed by atoms with E-state index in [9.17, 15) is 13.2 Å². The van der Waals surface area contributed by atoms with Gasteiger partial charge in [0.1, 0.15) is 11.4 Å². The zero-order valence-electron chi connectivity index (χ0n) is 18.7. The average Bonchev–Trinajstić information content (AvgIpc) is 3.49. The Balaban J connectivity index is 1.20. The smallest absolute Gasteiger partial charge is 0.262 e. The molecule has 5 rings (SSSR count). The van der Waals surface area contributed by atoms with Gasteiger partial charge in [0.25, 0.3) is 10.0 Å². The highest BCUT2D eigenvalue weighted by Gasteiger charge is 2.27. The maximum atomic E-state index is 12.7. The Morgan fingerprint density at radius 1 is 1.15 bits per heavy atom. The van der Waals surface area contributed by atoms with E-state index < -0.39 is 10.0 Å². The fraction of sp³-hybridized carbons (Fsp3) is 0.375. The van der Waals surface area contributed by atoms with Crippen molar-refractivity contribution in [3.63, 3.8) is 0 Å². The van der Waals surface area contributed by atoms with Gasteiger partial charge in [-0.05, 0) is 56.1 Å². The lowest BCUT2D eigenvalue weighted by atomic mass is 9.98. The molecule has 0 aliphatic carbocycles. The number of amidine groups is 1. The van der Waals surface area contributed by atoms with Gasteiger partial charge in [-0.25, -0.2) is 13.4 Å². The van der Waals surface area contributed by atoms with Gasteiger partial charge >= 0.3 is 0 Å². The molecule has 34 heavy (non-hydrogen) atoms. The van der Waals surface area contributed by atoms with Gasteiger partial charge in [0, 0.05) is 31.1 Å². The maximum absolute atomic E-state index is 12.7. The van der Waals surface area contributed by atoms with Crippen LogP contribution in [0, 0.1) is 0 Å². The predicted molar refractivity (Wildman–Crippen MR) is 129 cm³/mol. The van der Waals surface area contributed by atoms with Gasteiger partial charge in [0.05, 0.1) is 11.4 Å². The number of nitrogens with one attached hydrogen (secondary N) is 2. The minimum atomic E-state index is -3.74. The molecule has 1 amide bonds. The van der Waals surface area contributed by atoms with Crippen LogP contribution < -0.4 is 10.0 Å². The summed E-state index contributed by atoms with van der Waals surface area (Å²) in [6.07, 6.45) is 3.37. The maximum Gasteiger partial charge on any atom is 0.262 e. The van der Waals surface area contributed by atoms with Crippen LogP contribution in [0.5, 0.6) is 0 Å². The van der Waals surface area contributed by atoms with Gasteiger partial charge in [-0.3, -0.25) is 19.4 Å². The molecule has 178 valence electrons. The number of hydrogen-bond acceptors (Lipinski definition) is 7. The van der Waals surface area contributed by atoms with E-state index in [0.29, 0.717) is 36.9 Å². The Hall–Kier alpha value is -3.24. The first kappa shape index (κ1) is 22.5. The zero-order valence-corrected chi connectivity index (χ0v) is 19.6. The second-order valence-electron chi connectivity index (χ2n) is 8.71. The molecular weight excluding hydrogens is 454 g/mol. The summed E-state index contributed by atoms with van der Waals surface area (Å²) in [4.78, 5) is 23.7. The molecule has 0 radical (unpaired) electrons. The Morgan fingerprint density at radius 2 is 2.03 bits per heavy atom. The van der Waals surface area contributed by atoms with Crippen LogP contribution in [0.4, 0.5) is 5.69 Å². The molecule has 1 atom stereocenters. The van der Waals surface area contributed by atoms with Crippen molar-refractivity contribution in [2.24, 2.45) is 4.99 Å². The van der Waals surface area contributed by atoms with E-state index in [2.05, 4.69) is 24.9 Å². The van der Waals surface area contributed by atoms with Gasteiger partial charge in [-0.1, -0.05) is 18.2 Å². The number of anilines is 1. The first-order valence-corrected chi connectivity index (χ1v) is 13.0. The standard InChI is InChI=1S/C24H27N5O4S/c30-23(26-18-7-3-8-19(14-18)34(31,32)28-22-11-4-12-25-22)16-29-13-5-6-17(15-29)24-27-20-9-1-2-10-21(20)33-24/h1-3,7-10,14,17H,4-6,11-13,15-16H2,(H,25,28)(H,26,30). The third kappa shape index (κ3) is 5.13. The number of para-hydroxylation sites is 2. The van der Waals surface area contributed by atoms with E-state index in [1.54, 1.807) is 12.1 Å². The van der Waals surface area contributed by atoms with Crippen molar-refractivity contribution in [1.29, 1.82) is 0 Å². The molecule has 1 fully saturated rings. The van der Waals surface area contributed by atoms with Crippen molar-refractivity contribution >= 4 is 38.6 Å². The van der Waals surface area contributed by atoms with Crippen molar-refractivity contribution < 1.29 is 17.6 Å². The first-order chi connectivity index (χ1) is 16.5. The largest absolute Gasteiger partial charge is 0.440 e. The molecule has 2 aliphatic heterocycles. The highest BCUT2D eigenvalue weighted by molar-refractivity contribution is 7.90. The highest BCUT2D eigenvalue weighted by atomic mass is 32.2. The Labute approximate surface area is 198 Å². The zero-order chi connectivity index (χ0) is 23.5. The van der Waals surface area contributed by atoms with E-state index in [1.807, 2.05) is 24.3 Å². The van der Waals surface area contributed by atoms with Gasteiger partial charge < -0.3 is 9.73 Å². The number of carbonyl (C=O) groups is 1. The Kier molecular flexibility index (Phi) is 6.34. The van der Waals surface area contributed by atoms with Crippen molar-refractivity contribution in [3.05, 3.63) is 54.4 Å². The number of oxazole rings is 1. The van der Waals surface area contributed by atoms with Gasteiger partial charge in [0.15, 0.2) is 11.5 Å². The fourth-order valence-corrected chi connectivity index (χ4v) is 5.58. The number of piperidine rings is 1. The topological polar surface area (TPSA) is 117 Å². The van der Waals surface area contributed by atoms with E-state index in [0.717, 1.165) is 36.9 Å². The molecule has 0 spiro atoms. The third-order valence-corrected chi connectivity index (χ3v) is 7.47. The van der Waals surface area contributed by atoms with Crippen LogP contribution in [0.2, 0.25) is 0 Å². The second-order valence-corrected chi connectivity index (χ2v) is 10.4. The lowest BCUT2D eigenvalue weighted by molar-refractivity contribution is -0.117. The number of fused-ring (bicyclic) bond motifs is 1. The van der Waals surface area contributed by atoms with Crippen molar-refractivity contribution in [1.82, 2.24) is 14.6 Å². The van der Waals surface area contributed by atoms with Crippen LogP contribution in [0.15, 0.2) is 62.8 Å². The number of nitrogens with zero attached hydrogens (tertiary/aromatic N) is 3. The van der Waals surface area contributed by atoms with Crippen molar-refractivity contribution in [3.8, 4) is 0 Å². The number of benzene rings is 2. The van der Waals surface area contributed by atoms with E-state index in [1.165, 1.54) is 12.1 Å². The monoisotopic (exact) mass is 481 g/mol. The molecule has 2 aromatic carbocycles. The lowest BCUT2D eigenvalue weighted by Crippen LogP contribution is -2.39. The van der Waals surface area contributed by atoms with Crippen LogP contribution in [0.25, 0.3) is 11.1 Å². The van der Waals surface area contributed by atoms with Crippen LogP contribution in [0.3, 0.4) is 0 Å². The first-order valence-electron chi connectivity index (χ1n) is 11.5. The molecule has 0 bridgehead atoms. The van der Waals surface area contributed by atoms with Gasteiger partial charge in [-0.2, -0.15) is 0 Å². The molecule has 9 nitrogen and oxygen atoms in total. The summed E-state index contributed by atoms with van der Waals surface area (Å²) in [5.74, 6) is 1.13. The van der Waals surface area contributed by atoms with Crippen LogP contribution in [0.1, 0.15) is 37.5 Å². The van der Waals surface area contributed by atoms with Crippen molar-refractivity contribution in [2.75, 3.05) is 31.5 Å². The summed E-state index contributed by atoms with van der Waals surface area (Å²) in [6.45, 7) is 2.34. The number of hydrogen-bond donors (Lipinski definition) is 2. The fourth-order valence-electron chi connectivity index (χ4n) is 4.45. The molecule has 3 heterocycles. The molecule has 0 saturated carbocycles. The summed E-state index contributed by atoms with van der Waals surface area (Å²) in [7, 11) is -3.74. The number of sulfonamides is 1. The predicted octanol–water partition coefficient (Wildman–Crippen LogP) is 3.12. The normalized spacial score (nSPS) is 19.2. The summed E-state index contributed by atoms with van der Waals surface area (Å²) < 4.78 is 33.8.